The Balaban J connectivity index is 2.20. The smallest absolute Gasteiger partial charge is 0.159 e. The van der Waals surface area contributed by atoms with E-state index in [1.54, 1.807) is 30.3 Å². The largest absolute Gasteiger partial charge is 0.504 e. The number of azo groups is 1. The van der Waals surface area contributed by atoms with Gasteiger partial charge in [0.2, 0.25) is 0 Å². The third kappa shape index (κ3) is 2.72. The van der Waals surface area contributed by atoms with Crippen LogP contribution >= 0.6 is 0 Å². The van der Waals surface area contributed by atoms with Gasteiger partial charge in [-0.1, -0.05) is 0 Å². The number of nitrogens with two attached hydrogens (primary N) is 1. The van der Waals surface area contributed by atoms with Crippen LogP contribution in [0.2, 0.25) is 0 Å². The number of nitrogen functional groups attached to an aromatic ring is 1. The van der Waals surface area contributed by atoms with E-state index in [1.165, 1.54) is 12.1 Å². The summed E-state index contributed by atoms with van der Waals surface area (Å²) in [5.74, 6) is -0.407. The Bertz CT molecular complexity index is 550. The number of benzene rings is 2. The fraction of sp³-hybridized carbons (Fsp3) is 0. The molecule has 0 unspecified atom stereocenters. The van der Waals surface area contributed by atoms with E-state index in [-0.39, 0.29) is 11.5 Å². The van der Waals surface area contributed by atoms with Gasteiger partial charge < -0.3 is 15.9 Å². The van der Waals surface area contributed by atoms with Gasteiger partial charge in [-0.2, -0.15) is 10.2 Å². The standard InChI is InChI=1S/C12H11N3O2/c13-8-1-3-9(4-2-8)14-15-10-5-6-11(16)12(17)7-10/h1-7,16-17H,13H2. The molecule has 86 valence electrons. The Hall–Kier alpha value is -2.56. The van der Waals surface area contributed by atoms with Gasteiger partial charge in [0, 0.05) is 11.8 Å². The summed E-state index contributed by atoms with van der Waals surface area (Å²) in [7, 11) is 0. The van der Waals surface area contributed by atoms with E-state index < -0.39 is 0 Å². The fourth-order valence-corrected chi connectivity index (χ4v) is 1.23. The summed E-state index contributed by atoms with van der Waals surface area (Å²) >= 11 is 0. The monoisotopic (exact) mass is 229 g/mol. The Morgan fingerprint density at radius 2 is 1.35 bits per heavy atom. The molecule has 0 spiro atoms. The minimum absolute atomic E-state index is 0.184. The van der Waals surface area contributed by atoms with Crippen LogP contribution < -0.4 is 5.73 Å². The Labute approximate surface area is 97.9 Å². The molecule has 0 saturated carbocycles. The number of rotatable bonds is 2. The van der Waals surface area contributed by atoms with Crippen LogP contribution in [0.4, 0.5) is 17.1 Å². The van der Waals surface area contributed by atoms with Crippen LogP contribution in [0, 0.1) is 0 Å². The van der Waals surface area contributed by atoms with Crippen molar-refractivity contribution in [2.24, 2.45) is 10.2 Å². The molecule has 0 saturated heterocycles. The number of phenolic OH excluding ortho intramolecular Hbond substituents is 2. The average molecular weight is 229 g/mol. The summed E-state index contributed by atoms with van der Waals surface area (Å²) in [6.45, 7) is 0. The molecule has 5 heteroatoms. The molecule has 5 nitrogen and oxygen atoms in total. The average Bonchev–Trinajstić information content (AvgIpc) is 2.33. The van der Waals surface area contributed by atoms with E-state index in [1.807, 2.05) is 0 Å². The van der Waals surface area contributed by atoms with Gasteiger partial charge in [-0.3, -0.25) is 0 Å². The van der Waals surface area contributed by atoms with Crippen LogP contribution in [0.5, 0.6) is 11.5 Å². The van der Waals surface area contributed by atoms with E-state index in [4.69, 9.17) is 10.8 Å². The minimum atomic E-state index is -0.223. The summed E-state index contributed by atoms with van der Waals surface area (Å²) < 4.78 is 0. The molecule has 0 fully saturated rings. The lowest BCUT2D eigenvalue weighted by molar-refractivity contribution is 0.404. The maximum absolute atomic E-state index is 9.27. The van der Waals surface area contributed by atoms with Crippen molar-refractivity contribution in [3.63, 3.8) is 0 Å². The number of hydrogen-bond donors (Lipinski definition) is 3. The lowest BCUT2D eigenvalue weighted by Crippen LogP contribution is -1.80. The zero-order valence-electron chi connectivity index (χ0n) is 8.91. The molecule has 0 heterocycles. The molecule has 0 radical (unpaired) electrons. The highest BCUT2D eigenvalue weighted by Gasteiger charge is 1.99. The predicted octanol–water partition coefficient (Wildman–Crippen LogP) is 3.10. The first kappa shape index (κ1) is 10.9. The molecule has 2 aromatic rings. The Morgan fingerprint density at radius 3 is 2.00 bits per heavy atom. The van der Waals surface area contributed by atoms with E-state index in [9.17, 15) is 5.11 Å². The van der Waals surface area contributed by atoms with Crippen molar-refractivity contribution in [3.8, 4) is 11.5 Å². The molecule has 0 aliphatic heterocycles. The van der Waals surface area contributed by atoms with Crippen LogP contribution in [0.25, 0.3) is 0 Å². The van der Waals surface area contributed by atoms with Gasteiger partial charge in [-0.25, -0.2) is 0 Å². The van der Waals surface area contributed by atoms with Crippen LogP contribution in [0.3, 0.4) is 0 Å². The summed E-state index contributed by atoms with van der Waals surface area (Å²) in [6, 6.07) is 11.2. The zero-order chi connectivity index (χ0) is 12.3. The normalized spacial score (nSPS) is 10.8. The van der Waals surface area contributed by atoms with Crippen LogP contribution in [-0.2, 0) is 0 Å². The number of phenols is 2. The maximum atomic E-state index is 9.27. The Kier molecular flexibility index (Phi) is 2.91. The SMILES string of the molecule is Nc1ccc(N=Nc2ccc(O)c(O)c2)cc1. The molecule has 17 heavy (non-hydrogen) atoms. The van der Waals surface area contributed by atoms with E-state index >= 15 is 0 Å². The van der Waals surface area contributed by atoms with E-state index in [0.29, 0.717) is 17.1 Å². The van der Waals surface area contributed by atoms with Crippen molar-refractivity contribution in [2.45, 2.75) is 0 Å². The second-order valence-corrected chi connectivity index (χ2v) is 3.46. The van der Waals surface area contributed by atoms with Crippen LogP contribution in [-0.4, -0.2) is 10.2 Å². The zero-order valence-corrected chi connectivity index (χ0v) is 8.91. The molecule has 4 N–H and O–H groups in total. The second kappa shape index (κ2) is 4.52. The molecule has 0 amide bonds. The molecule has 0 atom stereocenters. The highest BCUT2D eigenvalue weighted by molar-refractivity contribution is 5.51. The number of anilines is 1. The third-order valence-corrected chi connectivity index (χ3v) is 2.13. The van der Waals surface area contributed by atoms with Gasteiger partial charge in [0.25, 0.3) is 0 Å². The number of nitrogens with zero attached hydrogens (tertiary/aromatic N) is 2. The highest BCUT2D eigenvalue weighted by Crippen LogP contribution is 2.29. The van der Waals surface area contributed by atoms with Crippen molar-refractivity contribution in [2.75, 3.05) is 5.73 Å². The van der Waals surface area contributed by atoms with Crippen molar-refractivity contribution < 1.29 is 10.2 Å². The van der Waals surface area contributed by atoms with Gasteiger partial charge in [0.1, 0.15) is 0 Å². The molecule has 0 bridgehead atoms. The van der Waals surface area contributed by atoms with Gasteiger partial charge in [-0.05, 0) is 36.4 Å². The van der Waals surface area contributed by atoms with Gasteiger partial charge in [0.15, 0.2) is 11.5 Å². The van der Waals surface area contributed by atoms with Crippen molar-refractivity contribution >= 4 is 17.1 Å². The van der Waals surface area contributed by atoms with Crippen molar-refractivity contribution in [1.29, 1.82) is 0 Å². The second-order valence-electron chi connectivity index (χ2n) is 3.46. The number of aromatic hydroxyl groups is 2. The minimum Gasteiger partial charge on any atom is -0.504 e. The molecule has 2 rings (SSSR count). The molecule has 0 aliphatic rings. The first-order valence-electron chi connectivity index (χ1n) is 4.94. The number of hydrogen-bond acceptors (Lipinski definition) is 5. The quantitative estimate of drug-likeness (QED) is 0.419. The van der Waals surface area contributed by atoms with E-state index in [2.05, 4.69) is 10.2 Å². The first-order valence-corrected chi connectivity index (χ1v) is 4.94. The van der Waals surface area contributed by atoms with Gasteiger partial charge in [-0.15, -0.1) is 0 Å². The van der Waals surface area contributed by atoms with Gasteiger partial charge >= 0.3 is 0 Å². The van der Waals surface area contributed by atoms with Crippen LogP contribution in [0.15, 0.2) is 52.7 Å². The molecular weight excluding hydrogens is 218 g/mol. The fourth-order valence-electron chi connectivity index (χ4n) is 1.23. The first-order chi connectivity index (χ1) is 8.15. The van der Waals surface area contributed by atoms with Crippen molar-refractivity contribution in [3.05, 3.63) is 42.5 Å². The molecule has 0 aliphatic carbocycles. The van der Waals surface area contributed by atoms with Crippen molar-refractivity contribution in [1.82, 2.24) is 0 Å². The van der Waals surface area contributed by atoms with Gasteiger partial charge in [0.05, 0.1) is 11.4 Å². The van der Waals surface area contributed by atoms with E-state index in [0.717, 1.165) is 0 Å². The maximum Gasteiger partial charge on any atom is 0.159 e. The third-order valence-electron chi connectivity index (χ3n) is 2.13. The summed E-state index contributed by atoms with van der Waals surface area (Å²) in [5.41, 5.74) is 7.31. The topological polar surface area (TPSA) is 91.2 Å². The summed E-state index contributed by atoms with van der Waals surface area (Å²) in [6.07, 6.45) is 0. The Morgan fingerprint density at radius 1 is 0.765 bits per heavy atom. The molecule has 2 aromatic carbocycles. The van der Waals surface area contributed by atoms with Crippen LogP contribution in [0.1, 0.15) is 0 Å². The lowest BCUT2D eigenvalue weighted by atomic mass is 10.3. The predicted molar refractivity (Wildman–Crippen MR) is 64.8 cm³/mol. The summed E-state index contributed by atoms with van der Waals surface area (Å²) in [5, 5.41) is 26.3. The summed E-state index contributed by atoms with van der Waals surface area (Å²) in [4.78, 5) is 0. The molecular formula is C12H11N3O2. The highest BCUT2D eigenvalue weighted by atomic mass is 16.3. The molecule has 0 aromatic heterocycles. The lowest BCUT2D eigenvalue weighted by Gasteiger charge is -1.97.